The van der Waals surface area contributed by atoms with Crippen molar-refractivity contribution < 1.29 is 4.79 Å². The number of aromatic amines is 1. The minimum absolute atomic E-state index is 0.0367. The van der Waals surface area contributed by atoms with E-state index in [1.165, 1.54) is 6.07 Å². The average Bonchev–Trinajstić information content (AvgIpc) is 3.00. The van der Waals surface area contributed by atoms with Gasteiger partial charge in [0.15, 0.2) is 0 Å². The Morgan fingerprint density at radius 3 is 2.91 bits per heavy atom. The molecule has 7 heteroatoms. The fourth-order valence-corrected chi connectivity index (χ4v) is 2.18. The molecule has 0 aliphatic carbocycles. The molecule has 0 bridgehead atoms. The van der Waals surface area contributed by atoms with Crippen molar-refractivity contribution in [2.24, 2.45) is 0 Å². The van der Waals surface area contributed by atoms with Crippen molar-refractivity contribution in [2.45, 2.75) is 13.0 Å². The third-order valence-electron chi connectivity index (χ3n) is 3.34. The van der Waals surface area contributed by atoms with E-state index in [0.717, 1.165) is 5.52 Å². The molecule has 1 amide bonds. The summed E-state index contributed by atoms with van der Waals surface area (Å²) in [6.45, 7) is 1.07. The van der Waals surface area contributed by atoms with Gasteiger partial charge in [0.2, 0.25) is 5.56 Å². The van der Waals surface area contributed by atoms with Gasteiger partial charge in [-0.1, -0.05) is 6.07 Å². The van der Waals surface area contributed by atoms with E-state index in [1.54, 1.807) is 35.0 Å². The first kappa shape index (κ1) is 14.0. The second-order valence-electron chi connectivity index (χ2n) is 4.87. The Morgan fingerprint density at radius 2 is 2.05 bits per heavy atom. The van der Waals surface area contributed by atoms with Crippen molar-refractivity contribution in [3.8, 4) is 0 Å². The predicted molar refractivity (Wildman–Crippen MR) is 81.5 cm³/mol. The van der Waals surface area contributed by atoms with E-state index in [0.29, 0.717) is 30.6 Å². The van der Waals surface area contributed by atoms with Gasteiger partial charge in [0.25, 0.3) is 5.91 Å². The zero-order chi connectivity index (χ0) is 15.4. The molecule has 0 unspecified atom stereocenters. The lowest BCUT2D eigenvalue weighted by Crippen LogP contribution is -2.26. The number of carbonyl (C=O) groups excluding carboxylic acids is 1. The molecule has 0 saturated carbocycles. The number of amides is 1. The maximum atomic E-state index is 12.1. The number of rotatable bonds is 5. The lowest BCUT2D eigenvalue weighted by molar-refractivity contribution is 0.0953. The third kappa shape index (κ3) is 3.03. The molecule has 3 rings (SSSR count). The summed E-state index contributed by atoms with van der Waals surface area (Å²) in [6, 6.07) is 10.2. The molecular weight excluding hydrogens is 282 g/mol. The normalized spacial score (nSPS) is 10.7. The van der Waals surface area contributed by atoms with Crippen molar-refractivity contribution in [1.29, 1.82) is 0 Å². The van der Waals surface area contributed by atoms with Crippen LogP contribution in [0.15, 0.2) is 47.4 Å². The molecule has 0 radical (unpaired) electrons. The zero-order valence-corrected chi connectivity index (χ0v) is 11.8. The molecular formula is C15H15N5O2. The molecule has 22 heavy (non-hydrogen) atoms. The van der Waals surface area contributed by atoms with Crippen LogP contribution in [-0.4, -0.2) is 32.4 Å². The first-order chi connectivity index (χ1) is 10.7. The van der Waals surface area contributed by atoms with Crippen molar-refractivity contribution in [1.82, 2.24) is 25.3 Å². The number of H-pyrrole nitrogens is 1. The SMILES string of the molecule is O=C(NCCCn1ccccc1=O)c1ccc2n[nH]nc2c1. The highest BCUT2D eigenvalue weighted by Crippen LogP contribution is 2.10. The molecule has 2 heterocycles. The molecule has 2 aromatic heterocycles. The summed E-state index contributed by atoms with van der Waals surface area (Å²) in [6.07, 6.45) is 2.42. The molecule has 0 saturated heterocycles. The van der Waals surface area contributed by atoms with Crippen molar-refractivity contribution in [2.75, 3.05) is 6.54 Å². The Labute approximate surface area is 126 Å². The number of benzene rings is 1. The third-order valence-corrected chi connectivity index (χ3v) is 3.34. The van der Waals surface area contributed by atoms with Crippen molar-refractivity contribution >= 4 is 16.9 Å². The molecule has 7 nitrogen and oxygen atoms in total. The zero-order valence-electron chi connectivity index (χ0n) is 11.8. The van der Waals surface area contributed by atoms with Crippen LogP contribution in [0.2, 0.25) is 0 Å². The standard InChI is InChI=1S/C15H15N5O2/c21-14-4-1-2-8-20(14)9-3-7-16-15(22)11-5-6-12-13(10-11)18-19-17-12/h1-2,4-6,8,10H,3,7,9H2,(H,16,22)(H,17,18,19). The van der Waals surface area contributed by atoms with Gasteiger partial charge in [0.05, 0.1) is 0 Å². The lowest BCUT2D eigenvalue weighted by Gasteiger charge is -2.07. The van der Waals surface area contributed by atoms with E-state index in [-0.39, 0.29) is 11.5 Å². The smallest absolute Gasteiger partial charge is 0.251 e. The van der Waals surface area contributed by atoms with E-state index in [9.17, 15) is 9.59 Å². The van der Waals surface area contributed by atoms with Gasteiger partial charge in [-0.25, -0.2) is 0 Å². The van der Waals surface area contributed by atoms with Gasteiger partial charge < -0.3 is 9.88 Å². The number of aryl methyl sites for hydroxylation is 1. The molecule has 1 aromatic carbocycles. The largest absolute Gasteiger partial charge is 0.352 e. The van der Waals surface area contributed by atoms with E-state index in [4.69, 9.17) is 0 Å². The Morgan fingerprint density at radius 1 is 1.18 bits per heavy atom. The minimum atomic E-state index is -0.162. The van der Waals surface area contributed by atoms with Gasteiger partial charge in [0, 0.05) is 30.9 Å². The van der Waals surface area contributed by atoms with E-state index in [2.05, 4.69) is 20.7 Å². The molecule has 3 aromatic rings. The van der Waals surface area contributed by atoms with Gasteiger partial charge in [-0.2, -0.15) is 15.4 Å². The number of pyridine rings is 1. The first-order valence-corrected chi connectivity index (χ1v) is 6.98. The van der Waals surface area contributed by atoms with Gasteiger partial charge in [0.1, 0.15) is 11.0 Å². The summed E-state index contributed by atoms with van der Waals surface area (Å²) < 4.78 is 1.62. The number of hydrogen-bond donors (Lipinski definition) is 2. The average molecular weight is 297 g/mol. The van der Waals surface area contributed by atoms with E-state index in [1.807, 2.05) is 6.07 Å². The highest BCUT2D eigenvalue weighted by molar-refractivity contribution is 5.97. The quantitative estimate of drug-likeness (QED) is 0.685. The Balaban J connectivity index is 1.54. The summed E-state index contributed by atoms with van der Waals surface area (Å²) >= 11 is 0. The van der Waals surface area contributed by atoms with E-state index >= 15 is 0 Å². The molecule has 0 aliphatic rings. The number of nitrogens with zero attached hydrogens (tertiary/aromatic N) is 3. The van der Waals surface area contributed by atoms with Gasteiger partial charge >= 0.3 is 0 Å². The predicted octanol–water partition coefficient (Wildman–Crippen LogP) is 0.940. The molecule has 0 aliphatic heterocycles. The number of aromatic nitrogens is 4. The molecule has 2 N–H and O–H groups in total. The van der Waals surface area contributed by atoms with Crippen LogP contribution in [0, 0.1) is 0 Å². The highest BCUT2D eigenvalue weighted by Gasteiger charge is 2.07. The molecule has 0 atom stereocenters. The van der Waals surface area contributed by atoms with Crippen LogP contribution in [0.25, 0.3) is 11.0 Å². The molecule has 0 spiro atoms. The number of fused-ring (bicyclic) bond motifs is 1. The Hall–Kier alpha value is -2.96. The summed E-state index contributed by atoms with van der Waals surface area (Å²) in [7, 11) is 0. The monoisotopic (exact) mass is 297 g/mol. The summed E-state index contributed by atoms with van der Waals surface area (Å²) in [5, 5.41) is 13.2. The Bertz CT molecular complexity index is 852. The fourth-order valence-electron chi connectivity index (χ4n) is 2.18. The van der Waals surface area contributed by atoms with Crippen LogP contribution < -0.4 is 10.9 Å². The number of hydrogen-bond acceptors (Lipinski definition) is 4. The summed E-state index contributed by atoms with van der Waals surface area (Å²) in [5.74, 6) is -0.162. The van der Waals surface area contributed by atoms with Crippen LogP contribution in [0.4, 0.5) is 0 Å². The number of nitrogens with one attached hydrogen (secondary N) is 2. The topological polar surface area (TPSA) is 92.7 Å². The Kier molecular flexibility index (Phi) is 3.95. The lowest BCUT2D eigenvalue weighted by atomic mass is 10.2. The molecule has 0 fully saturated rings. The van der Waals surface area contributed by atoms with Gasteiger partial charge in [-0.15, -0.1) is 0 Å². The van der Waals surface area contributed by atoms with E-state index < -0.39 is 0 Å². The van der Waals surface area contributed by atoms with Crippen LogP contribution in [-0.2, 0) is 6.54 Å². The maximum Gasteiger partial charge on any atom is 0.251 e. The van der Waals surface area contributed by atoms with Crippen molar-refractivity contribution in [3.63, 3.8) is 0 Å². The maximum absolute atomic E-state index is 12.1. The minimum Gasteiger partial charge on any atom is -0.352 e. The summed E-state index contributed by atoms with van der Waals surface area (Å²) in [4.78, 5) is 23.6. The van der Waals surface area contributed by atoms with Gasteiger partial charge in [-0.05, 0) is 30.7 Å². The van der Waals surface area contributed by atoms with Crippen LogP contribution in [0.3, 0.4) is 0 Å². The first-order valence-electron chi connectivity index (χ1n) is 6.98. The summed E-state index contributed by atoms with van der Waals surface area (Å²) in [5.41, 5.74) is 1.88. The second-order valence-corrected chi connectivity index (χ2v) is 4.87. The second kappa shape index (κ2) is 6.21. The highest BCUT2D eigenvalue weighted by atomic mass is 16.1. The van der Waals surface area contributed by atoms with Crippen LogP contribution in [0.5, 0.6) is 0 Å². The molecule has 112 valence electrons. The fraction of sp³-hybridized carbons (Fsp3) is 0.200. The van der Waals surface area contributed by atoms with Gasteiger partial charge in [-0.3, -0.25) is 9.59 Å². The van der Waals surface area contributed by atoms with Crippen LogP contribution in [0.1, 0.15) is 16.8 Å². The number of carbonyl (C=O) groups is 1. The van der Waals surface area contributed by atoms with Crippen LogP contribution >= 0.6 is 0 Å². The van der Waals surface area contributed by atoms with Crippen molar-refractivity contribution in [3.05, 3.63) is 58.5 Å².